The Bertz CT molecular complexity index is 418. The molecule has 0 bridgehead atoms. The Morgan fingerprint density at radius 3 is 2.94 bits per heavy atom. The molecule has 0 fully saturated rings. The number of rotatable bonds is 4. The highest BCUT2D eigenvalue weighted by molar-refractivity contribution is 5.53. The van der Waals surface area contributed by atoms with Gasteiger partial charge in [0.2, 0.25) is 0 Å². The van der Waals surface area contributed by atoms with Gasteiger partial charge in [0.25, 0.3) is 0 Å². The quantitative estimate of drug-likeness (QED) is 0.843. The number of hydrogen-bond acceptors (Lipinski definition) is 2. The van der Waals surface area contributed by atoms with E-state index in [9.17, 15) is 4.39 Å². The van der Waals surface area contributed by atoms with Crippen LogP contribution in [0.2, 0.25) is 0 Å². The zero-order valence-electron chi connectivity index (χ0n) is 9.50. The fraction of sp³-hybridized carbons (Fsp3) is 0.308. The van der Waals surface area contributed by atoms with Crippen LogP contribution in [-0.4, -0.2) is 12.6 Å². The van der Waals surface area contributed by atoms with Crippen LogP contribution in [0.5, 0.6) is 0 Å². The van der Waals surface area contributed by atoms with E-state index in [1.54, 1.807) is 12.1 Å². The molecule has 0 heterocycles. The molecule has 1 rings (SSSR count). The molecule has 16 heavy (non-hydrogen) atoms. The summed E-state index contributed by atoms with van der Waals surface area (Å²) >= 11 is 0. The van der Waals surface area contributed by atoms with Crippen molar-refractivity contribution in [1.29, 1.82) is 5.26 Å². The van der Waals surface area contributed by atoms with Gasteiger partial charge in [0.15, 0.2) is 0 Å². The lowest BCUT2D eigenvalue weighted by atomic mass is 10.1. The molecular weight excluding hydrogens is 203 g/mol. The first-order chi connectivity index (χ1) is 7.67. The lowest BCUT2D eigenvalue weighted by molar-refractivity contribution is 0.624. The topological polar surface area (TPSA) is 35.8 Å². The van der Waals surface area contributed by atoms with E-state index in [1.807, 2.05) is 32.1 Å². The molecule has 84 valence electrons. The highest BCUT2D eigenvalue weighted by Crippen LogP contribution is 2.11. The maximum atomic E-state index is 13.0. The van der Waals surface area contributed by atoms with E-state index in [-0.39, 0.29) is 11.6 Å². The maximum absolute atomic E-state index is 13.0. The molecule has 1 unspecified atom stereocenters. The van der Waals surface area contributed by atoms with E-state index in [0.29, 0.717) is 0 Å². The molecule has 0 aliphatic carbocycles. The lowest BCUT2D eigenvalue weighted by Gasteiger charge is -2.05. The monoisotopic (exact) mass is 218 g/mol. The van der Waals surface area contributed by atoms with E-state index in [2.05, 4.69) is 5.32 Å². The molecule has 1 aromatic rings. The fourth-order valence-electron chi connectivity index (χ4n) is 1.38. The number of hydrogen-bond donors (Lipinski definition) is 1. The predicted molar refractivity (Wildman–Crippen MR) is 63.3 cm³/mol. The lowest BCUT2D eigenvalue weighted by Crippen LogP contribution is -2.22. The summed E-state index contributed by atoms with van der Waals surface area (Å²) in [5.74, 6) is -0.473. The minimum Gasteiger partial charge on any atom is -0.311 e. The molecule has 0 saturated heterocycles. The Labute approximate surface area is 95.4 Å². The summed E-state index contributed by atoms with van der Waals surface area (Å²) in [5.41, 5.74) is 0.918. The zero-order chi connectivity index (χ0) is 12.0. The molecule has 2 nitrogen and oxygen atoms in total. The first kappa shape index (κ1) is 12.4. The summed E-state index contributed by atoms with van der Waals surface area (Å²) in [6, 6.07) is 6.61. The summed E-state index contributed by atoms with van der Waals surface area (Å²) in [6.45, 7) is 4.98. The van der Waals surface area contributed by atoms with Crippen molar-refractivity contribution in [1.82, 2.24) is 5.32 Å². The van der Waals surface area contributed by atoms with E-state index >= 15 is 0 Å². The minimum atomic E-state index is -0.473. The van der Waals surface area contributed by atoms with Crippen molar-refractivity contribution in [2.75, 3.05) is 6.54 Å². The molecule has 0 saturated carbocycles. The highest BCUT2D eigenvalue weighted by Gasteiger charge is 2.00. The number of nitrogens with zero attached hydrogens (tertiary/aromatic N) is 1. The van der Waals surface area contributed by atoms with Gasteiger partial charge in [-0.1, -0.05) is 25.1 Å². The van der Waals surface area contributed by atoms with Crippen LogP contribution in [0.15, 0.2) is 24.3 Å². The normalized spacial score (nSPS) is 12.6. The summed E-state index contributed by atoms with van der Waals surface area (Å²) < 4.78 is 13.0. The van der Waals surface area contributed by atoms with Gasteiger partial charge in [-0.05, 0) is 31.2 Å². The SMILES string of the molecule is CCNC(C)/C=C/c1ccc(F)c(C#N)c1. The fourth-order valence-corrected chi connectivity index (χ4v) is 1.38. The van der Waals surface area contributed by atoms with Crippen molar-refractivity contribution >= 4 is 6.08 Å². The van der Waals surface area contributed by atoms with E-state index < -0.39 is 5.82 Å². The first-order valence-corrected chi connectivity index (χ1v) is 5.28. The molecule has 0 aliphatic heterocycles. The van der Waals surface area contributed by atoms with Crippen molar-refractivity contribution in [3.8, 4) is 6.07 Å². The summed E-state index contributed by atoms with van der Waals surface area (Å²) in [7, 11) is 0. The van der Waals surface area contributed by atoms with Gasteiger partial charge in [0, 0.05) is 6.04 Å². The van der Waals surface area contributed by atoms with Crippen molar-refractivity contribution in [3.63, 3.8) is 0 Å². The second-order valence-electron chi connectivity index (χ2n) is 3.56. The molecule has 0 amide bonds. The molecule has 3 heteroatoms. The van der Waals surface area contributed by atoms with Crippen LogP contribution in [-0.2, 0) is 0 Å². The predicted octanol–water partition coefficient (Wildman–Crippen LogP) is 2.71. The number of likely N-dealkylation sites (N-methyl/N-ethyl adjacent to an activating group) is 1. The summed E-state index contributed by atoms with van der Waals surface area (Å²) in [6.07, 6.45) is 3.87. The van der Waals surface area contributed by atoms with Crippen LogP contribution in [0.3, 0.4) is 0 Å². The van der Waals surface area contributed by atoms with Crippen LogP contribution in [0, 0.1) is 17.1 Å². The van der Waals surface area contributed by atoms with Crippen LogP contribution in [0.1, 0.15) is 25.0 Å². The van der Waals surface area contributed by atoms with Gasteiger partial charge in [0.1, 0.15) is 11.9 Å². The third kappa shape index (κ3) is 3.48. The average Bonchev–Trinajstić information content (AvgIpc) is 2.28. The first-order valence-electron chi connectivity index (χ1n) is 5.28. The molecule has 1 atom stereocenters. The minimum absolute atomic E-state index is 0.0817. The summed E-state index contributed by atoms with van der Waals surface area (Å²) in [5, 5.41) is 11.9. The van der Waals surface area contributed by atoms with Gasteiger partial charge < -0.3 is 5.32 Å². The largest absolute Gasteiger partial charge is 0.311 e. The Balaban J connectivity index is 2.79. The van der Waals surface area contributed by atoms with Gasteiger partial charge in [-0.25, -0.2) is 4.39 Å². The Morgan fingerprint density at radius 2 is 2.31 bits per heavy atom. The van der Waals surface area contributed by atoms with E-state index in [0.717, 1.165) is 12.1 Å². The number of benzene rings is 1. The third-order valence-corrected chi connectivity index (χ3v) is 2.21. The molecular formula is C13H15FN2. The van der Waals surface area contributed by atoms with E-state index in [1.165, 1.54) is 6.07 Å². The van der Waals surface area contributed by atoms with Crippen molar-refractivity contribution in [2.45, 2.75) is 19.9 Å². The number of nitrogens with one attached hydrogen (secondary N) is 1. The summed E-state index contributed by atoms with van der Waals surface area (Å²) in [4.78, 5) is 0. The Morgan fingerprint density at radius 1 is 1.56 bits per heavy atom. The molecule has 0 aliphatic rings. The van der Waals surface area contributed by atoms with Crippen molar-refractivity contribution < 1.29 is 4.39 Å². The zero-order valence-corrected chi connectivity index (χ0v) is 9.50. The Hall–Kier alpha value is -1.66. The van der Waals surface area contributed by atoms with Crippen LogP contribution >= 0.6 is 0 Å². The van der Waals surface area contributed by atoms with E-state index in [4.69, 9.17) is 5.26 Å². The maximum Gasteiger partial charge on any atom is 0.140 e. The number of nitriles is 1. The van der Waals surface area contributed by atoms with Gasteiger partial charge >= 0.3 is 0 Å². The average molecular weight is 218 g/mol. The number of halogens is 1. The Kier molecular flexibility index (Phi) is 4.68. The second kappa shape index (κ2) is 6.04. The standard InChI is InChI=1S/C13H15FN2/c1-3-16-10(2)4-5-11-6-7-13(14)12(8-11)9-15/h4-8,10,16H,3H2,1-2H3/b5-4+. The molecule has 1 aromatic carbocycles. The van der Waals surface area contributed by atoms with Crippen LogP contribution < -0.4 is 5.32 Å². The van der Waals surface area contributed by atoms with Crippen molar-refractivity contribution in [2.24, 2.45) is 0 Å². The molecule has 0 spiro atoms. The second-order valence-corrected chi connectivity index (χ2v) is 3.56. The highest BCUT2D eigenvalue weighted by atomic mass is 19.1. The molecule has 1 N–H and O–H groups in total. The van der Waals surface area contributed by atoms with Gasteiger partial charge in [0.05, 0.1) is 5.56 Å². The van der Waals surface area contributed by atoms with Gasteiger partial charge in [-0.2, -0.15) is 5.26 Å². The van der Waals surface area contributed by atoms with Gasteiger partial charge in [-0.3, -0.25) is 0 Å². The van der Waals surface area contributed by atoms with Crippen molar-refractivity contribution in [3.05, 3.63) is 41.2 Å². The van der Waals surface area contributed by atoms with Crippen LogP contribution in [0.4, 0.5) is 4.39 Å². The third-order valence-electron chi connectivity index (χ3n) is 2.21. The smallest absolute Gasteiger partial charge is 0.140 e. The van der Waals surface area contributed by atoms with Gasteiger partial charge in [-0.15, -0.1) is 0 Å². The molecule has 0 radical (unpaired) electrons. The molecule has 0 aromatic heterocycles. The van der Waals surface area contributed by atoms with Crippen LogP contribution in [0.25, 0.3) is 6.08 Å².